The lowest BCUT2D eigenvalue weighted by Crippen LogP contribution is -2.39. The molecule has 0 aliphatic carbocycles. The van der Waals surface area contributed by atoms with Crippen molar-refractivity contribution in [1.82, 2.24) is 9.61 Å². The van der Waals surface area contributed by atoms with Gasteiger partial charge in [-0.05, 0) is 12.1 Å². The molecule has 0 aliphatic rings. The van der Waals surface area contributed by atoms with E-state index in [4.69, 9.17) is 5.11 Å². The van der Waals surface area contributed by atoms with Gasteiger partial charge in [-0.2, -0.15) is 5.10 Å². The first-order valence-electron chi connectivity index (χ1n) is 5.28. The lowest BCUT2D eigenvalue weighted by atomic mass is 9.80. The minimum absolute atomic E-state index is 0.716. The smallest absolute Gasteiger partial charge is 0.333 e. The summed E-state index contributed by atoms with van der Waals surface area (Å²) in [6, 6.07) is 5.53. The number of hydrogen-bond donors (Lipinski definition) is 2. The third kappa shape index (κ3) is 1.78. The maximum atomic E-state index is 10.9. The number of aliphatic carboxylic acids is 1. The highest BCUT2D eigenvalue weighted by molar-refractivity contribution is 5.75. The second-order valence-corrected chi connectivity index (χ2v) is 4.55. The van der Waals surface area contributed by atoms with Crippen molar-refractivity contribution >= 4 is 11.5 Å². The highest BCUT2D eigenvalue weighted by Crippen LogP contribution is 2.30. The van der Waals surface area contributed by atoms with E-state index in [0.717, 1.165) is 5.52 Å². The molecule has 0 radical (unpaired) electrons. The standard InChI is InChI=1S/C12H14N2O3/c1-12(2,10(15)11(16)17)8-7-13-14-6-4-3-5-9(8)14/h3-7,10,15H,1-2H3,(H,16,17). The van der Waals surface area contributed by atoms with Crippen LogP contribution < -0.4 is 0 Å². The zero-order valence-electron chi connectivity index (χ0n) is 9.66. The first kappa shape index (κ1) is 11.6. The number of aromatic nitrogens is 2. The van der Waals surface area contributed by atoms with Crippen LogP contribution in [0.1, 0.15) is 19.4 Å². The fourth-order valence-electron chi connectivity index (χ4n) is 1.89. The maximum absolute atomic E-state index is 10.9. The number of aliphatic hydroxyl groups is 1. The molecule has 0 saturated heterocycles. The summed E-state index contributed by atoms with van der Waals surface area (Å²) in [4.78, 5) is 10.9. The monoisotopic (exact) mass is 234 g/mol. The van der Waals surface area contributed by atoms with Crippen LogP contribution in [0.3, 0.4) is 0 Å². The van der Waals surface area contributed by atoms with Crippen LogP contribution in [0.2, 0.25) is 0 Å². The Labute approximate surface area is 98.3 Å². The van der Waals surface area contributed by atoms with Crippen molar-refractivity contribution in [1.29, 1.82) is 0 Å². The highest BCUT2D eigenvalue weighted by Gasteiger charge is 2.37. The molecule has 2 rings (SSSR count). The van der Waals surface area contributed by atoms with E-state index in [1.54, 1.807) is 30.8 Å². The number of carbonyl (C=O) groups is 1. The summed E-state index contributed by atoms with van der Waals surface area (Å²) < 4.78 is 1.66. The van der Waals surface area contributed by atoms with E-state index in [2.05, 4.69) is 5.10 Å². The summed E-state index contributed by atoms with van der Waals surface area (Å²) >= 11 is 0. The van der Waals surface area contributed by atoms with Crippen LogP contribution in [-0.2, 0) is 10.2 Å². The normalized spacial score (nSPS) is 13.8. The molecule has 2 aromatic heterocycles. The molecule has 5 heteroatoms. The molecule has 5 nitrogen and oxygen atoms in total. The average Bonchev–Trinajstić information content (AvgIpc) is 2.72. The van der Waals surface area contributed by atoms with Gasteiger partial charge in [0, 0.05) is 17.2 Å². The number of rotatable bonds is 3. The van der Waals surface area contributed by atoms with Gasteiger partial charge >= 0.3 is 5.97 Å². The highest BCUT2D eigenvalue weighted by atomic mass is 16.4. The van der Waals surface area contributed by atoms with Crippen LogP contribution in [0.5, 0.6) is 0 Å². The Morgan fingerprint density at radius 2 is 2.18 bits per heavy atom. The average molecular weight is 234 g/mol. The molecule has 1 atom stereocenters. The SMILES string of the molecule is CC(C)(c1cnn2ccccc12)C(O)C(=O)O. The van der Waals surface area contributed by atoms with Crippen molar-refractivity contribution in [2.45, 2.75) is 25.4 Å². The summed E-state index contributed by atoms with van der Waals surface area (Å²) in [6.07, 6.45) is 1.92. The zero-order valence-corrected chi connectivity index (χ0v) is 9.66. The van der Waals surface area contributed by atoms with Gasteiger partial charge in [0.25, 0.3) is 0 Å². The largest absolute Gasteiger partial charge is 0.479 e. The molecule has 2 aromatic rings. The Hall–Kier alpha value is -1.88. The van der Waals surface area contributed by atoms with E-state index >= 15 is 0 Å². The minimum Gasteiger partial charge on any atom is -0.479 e. The van der Waals surface area contributed by atoms with Crippen molar-refractivity contribution < 1.29 is 15.0 Å². The summed E-state index contributed by atoms with van der Waals surface area (Å²) in [5, 5.41) is 22.8. The van der Waals surface area contributed by atoms with Gasteiger partial charge in [-0.1, -0.05) is 19.9 Å². The van der Waals surface area contributed by atoms with Crippen molar-refractivity contribution in [3.63, 3.8) is 0 Å². The Morgan fingerprint density at radius 1 is 1.47 bits per heavy atom. The molecule has 17 heavy (non-hydrogen) atoms. The lowest BCUT2D eigenvalue weighted by molar-refractivity contribution is -0.150. The summed E-state index contributed by atoms with van der Waals surface area (Å²) in [6.45, 7) is 3.38. The van der Waals surface area contributed by atoms with Crippen LogP contribution in [0, 0.1) is 0 Å². The number of hydrogen-bond acceptors (Lipinski definition) is 3. The molecular weight excluding hydrogens is 220 g/mol. The molecular formula is C12H14N2O3. The number of carboxylic acid groups (broad SMARTS) is 1. The van der Waals surface area contributed by atoms with E-state index in [1.807, 2.05) is 18.2 Å². The third-order valence-corrected chi connectivity index (χ3v) is 3.04. The first-order chi connectivity index (χ1) is 7.94. The van der Waals surface area contributed by atoms with Crippen molar-refractivity contribution in [2.75, 3.05) is 0 Å². The van der Waals surface area contributed by atoms with Gasteiger partial charge in [0.05, 0.1) is 11.7 Å². The third-order valence-electron chi connectivity index (χ3n) is 3.04. The number of carboxylic acids is 1. The molecule has 0 aliphatic heterocycles. The molecule has 0 aromatic carbocycles. The molecule has 0 spiro atoms. The molecule has 2 N–H and O–H groups in total. The molecule has 90 valence electrons. The second-order valence-electron chi connectivity index (χ2n) is 4.55. The molecule has 0 bridgehead atoms. The summed E-state index contributed by atoms with van der Waals surface area (Å²) in [5.41, 5.74) is 0.625. The van der Waals surface area contributed by atoms with Crippen LogP contribution in [0.25, 0.3) is 5.52 Å². The van der Waals surface area contributed by atoms with Gasteiger partial charge in [-0.25, -0.2) is 9.31 Å². The van der Waals surface area contributed by atoms with Crippen molar-refractivity contribution in [3.8, 4) is 0 Å². The van der Waals surface area contributed by atoms with E-state index in [1.165, 1.54) is 0 Å². The van der Waals surface area contributed by atoms with E-state index in [9.17, 15) is 9.90 Å². The number of nitrogens with zero attached hydrogens (tertiary/aromatic N) is 2. The van der Waals surface area contributed by atoms with Crippen LogP contribution in [-0.4, -0.2) is 31.9 Å². The van der Waals surface area contributed by atoms with Gasteiger partial charge in [0.15, 0.2) is 6.10 Å². The predicted molar refractivity (Wildman–Crippen MR) is 61.9 cm³/mol. The molecule has 0 amide bonds. The van der Waals surface area contributed by atoms with E-state index < -0.39 is 17.5 Å². The maximum Gasteiger partial charge on any atom is 0.333 e. The number of fused-ring (bicyclic) bond motifs is 1. The first-order valence-corrected chi connectivity index (χ1v) is 5.28. The second kappa shape index (κ2) is 3.85. The van der Waals surface area contributed by atoms with Gasteiger partial charge < -0.3 is 10.2 Å². The number of pyridine rings is 1. The van der Waals surface area contributed by atoms with Gasteiger partial charge in [-0.3, -0.25) is 0 Å². The molecule has 2 heterocycles. The Bertz CT molecular complexity index is 560. The van der Waals surface area contributed by atoms with Crippen molar-refractivity contribution in [2.24, 2.45) is 0 Å². The van der Waals surface area contributed by atoms with Crippen LogP contribution in [0.15, 0.2) is 30.6 Å². The zero-order chi connectivity index (χ0) is 12.6. The quantitative estimate of drug-likeness (QED) is 0.832. The Kier molecular flexibility index (Phi) is 2.63. The predicted octanol–water partition coefficient (Wildman–Crippen LogP) is 1.06. The summed E-state index contributed by atoms with van der Waals surface area (Å²) in [5.74, 6) is -1.23. The topological polar surface area (TPSA) is 74.8 Å². The lowest BCUT2D eigenvalue weighted by Gasteiger charge is -2.26. The fraction of sp³-hybridized carbons (Fsp3) is 0.333. The molecule has 1 unspecified atom stereocenters. The number of aliphatic hydroxyl groups excluding tert-OH is 1. The van der Waals surface area contributed by atoms with Gasteiger partial charge in [0.2, 0.25) is 0 Å². The van der Waals surface area contributed by atoms with E-state index in [-0.39, 0.29) is 0 Å². The Balaban J connectivity index is 2.56. The van der Waals surface area contributed by atoms with Gasteiger partial charge in [-0.15, -0.1) is 0 Å². The van der Waals surface area contributed by atoms with E-state index in [0.29, 0.717) is 5.56 Å². The Morgan fingerprint density at radius 3 is 2.82 bits per heavy atom. The summed E-state index contributed by atoms with van der Waals surface area (Å²) in [7, 11) is 0. The fourth-order valence-corrected chi connectivity index (χ4v) is 1.89. The molecule has 0 saturated carbocycles. The molecule has 0 fully saturated rings. The minimum atomic E-state index is -1.46. The van der Waals surface area contributed by atoms with Crippen LogP contribution >= 0.6 is 0 Å². The van der Waals surface area contributed by atoms with Crippen LogP contribution in [0.4, 0.5) is 0 Å². The van der Waals surface area contributed by atoms with Crippen molar-refractivity contribution in [3.05, 3.63) is 36.2 Å². The van der Waals surface area contributed by atoms with Gasteiger partial charge in [0.1, 0.15) is 0 Å².